The van der Waals surface area contributed by atoms with Gasteiger partial charge in [-0.2, -0.15) is 0 Å². The maximum Gasteiger partial charge on any atom is 0.154 e. The van der Waals surface area contributed by atoms with Crippen molar-refractivity contribution in [2.45, 2.75) is 44.9 Å². The third-order valence-electron chi connectivity index (χ3n) is 3.84. The molecule has 0 amide bonds. The first kappa shape index (κ1) is 19.1. The molecule has 0 fully saturated rings. The fourth-order valence-corrected chi connectivity index (χ4v) is 3.80. The van der Waals surface area contributed by atoms with Crippen LogP contribution in [0.3, 0.4) is 0 Å². The van der Waals surface area contributed by atoms with Gasteiger partial charge in [0.1, 0.15) is 0 Å². The molecule has 0 aliphatic heterocycles. The predicted octanol–water partition coefficient (Wildman–Crippen LogP) is 4.38. The Morgan fingerprint density at radius 2 is 1.81 bits per heavy atom. The van der Waals surface area contributed by atoms with Crippen LogP contribution in [-0.2, 0) is 9.84 Å². The molecule has 0 saturated carbocycles. The number of rotatable bonds is 6. The van der Waals surface area contributed by atoms with Gasteiger partial charge >= 0.3 is 0 Å². The Morgan fingerprint density at radius 1 is 1.24 bits per heavy atom. The zero-order valence-electron chi connectivity index (χ0n) is 13.1. The van der Waals surface area contributed by atoms with Crippen LogP contribution in [0.15, 0.2) is 21.1 Å². The predicted molar refractivity (Wildman–Crippen MR) is 96.5 cm³/mol. The molecule has 1 aromatic carbocycles. The number of nitrogens with one attached hydrogen (secondary N) is 1. The van der Waals surface area contributed by atoms with Gasteiger partial charge < -0.3 is 5.32 Å². The summed E-state index contributed by atoms with van der Waals surface area (Å²) in [7, 11) is -3.22. The molecule has 1 atom stereocenters. The molecule has 1 aromatic rings. The Morgan fingerprint density at radius 3 is 2.29 bits per heavy atom. The van der Waals surface area contributed by atoms with E-state index in [1.165, 1.54) is 6.26 Å². The molecule has 0 bridgehead atoms. The standard InChI is InChI=1S/C15H23Br2NO2S/c1-6-7-18-14(15(3,4)21(5,19)20)11-9-12(16)10(2)8-13(11)17/h8-9,14,18H,6-7H2,1-5H3. The monoisotopic (exact) mass is 439 g/mol. The van der Waals surface area contributed by atoms with Gasteiger partial charge in [-0.15, -0.1) is 0 Å². The summed E-state index contributed by atoms with van der Waals surface area (Å²) in [6, 6.07) is 3.73. The van der Waals surface area contributed by atoms with Gasteiger partial charge in [-0.1, -0.05) is 38.8 Å². The maximum absolute atomic E-state index is 12.2. The first-order valence-corrected chi connectivity index (χ1v) is 10.4. The first-order chi connectivity index (χ1) is 9.52. The lowest BCUT2D eigenvalue weighted by Crippen LogP contribution is -2.45. The van der Waals surface area contributed by atoms with Crippen molar-refractivity contribution in [1.29, 1.82) is 0 Å². The molecule has 0 spiro atoms. The van der Waals surface area contributed by atoms with Crippen LogP contribution in [0.5, 0.6) is 0 Å². The molecular formula is C15H23Br2NO2S. The quantitative estimate of drug-likeness (QED) is 0.713. The normalized spacial score (nSPS) is 14.2. The van der Waals surface area contributed by atoms with Gasteiger partial charge in [-0.05, 0) is 57.0 Å². The zero-order valence-corrected chi connectivity index (χ0v) is 17.1. The van der Waals surface area contributed by atoms with Gasteiger partial charge in [-0.25, -0.2) is 8.42 Å². The van der Waals surface area contributed by atoms with E-state index in [9.17, 15) is 8.42 Å². The van der Waals surface area contributed by atoms with Crippen LogP contribution < -0.4 is 5.32 Å². The van der Waals surface area contributed by atoms with E-state index in [4.69, 9.17) is 0 Å². The minimum absolute atomic E-state index is 0.279. The first-order valence-electron chi connectivity index (χ1n) is 6.91. The summed E-state index contributed by atoms with van der Waals surface area (Å²) in [5.41, 5.74) is 2.06. The van der Waals surface area contributed by atoms with Crippen molar-refractivity contribution < 1.29 is 8.42 Å². The van der Waals surface area contributed by atoms with Crippen LogP contribution in [-0.4, -0.2) is 26.0 Å². The van der Waals surface area contributed by atoms with Crippen LogP contribution in [0.25, 0.3) is 0 Å². The zero-order chi connectivity index (χ0) is 16.4. The number of hydrogen-bond donors (Lipinski definition) is 1. The molecule has 0 aliphatic carbocycles. The molecule has 0 aliphatic rings. The molecule has 1 unspecified atom stereocenters. The van der Waals surface area contributed by atoms with E-state index in [2.05, 4.69) is 44.1 Å². The Labute approximate surface area is 145 Å². The minimum Gasteiger partial charge on any atom is -0.309 e. The summed E-state index contributed by atoms with van der Waals surface area (Å²) in [4.78, 5) is 0. The van der Waals surface area contributed by atoms with Crippen LogP contribution in [0.2, 0.25) is 0 Å². The molecule has 1 rings (SSSR count). The van der Waals surface area contributed by atoms with Crippen LogP contribution in [0.1, 0.15) is 44.4 Å². The van der Waals surface area contributed by atoms with Crippen LogP contribution in [0, 0.1) is 6.92 Å². The fourth-order valence-electron chi connectivity index (χ4n) is 2.12. The molecule has 0 radical (unpaired) electrons. The fraction of sp³-hybridized carbons (Fsp3) is 0.600. The highest BCUT2D eigenvalue weighted by atomic mass is 79.9. The van der Waals surface area contributed by atoms with E-state index in [1.807, 2.05) is 19.1 Å². The Kier molecular flexibility index (Phi) is 6.48. The van der Waals surface area contributed by atoms with Crippen LogP contribution in [0.4, 0.5) is 0 Å². The van der Waals surface area contributed by atoms with Gasteiger partial charge in [0, 0.05) is 15.2 Å². The number of sulfone groups is 1. The summed E-state index contributed by atoms with van der Waals surface area (Å²) >= 11 is 7.11. The molecule has 1 N–H and O–H groups in total. The van der Waals surface area contributed by atoms with Crippen LogP contribution >= 0.6 is 31.9 Å². The van der Waals surface area contributed by atoms with Gasteiger partial charge in [0.25, 0.3) is 0 Å². The van der Waals surface area contributed by atoms with E-state index in [0.717, 1.165) is 33.0 Å². The van der Waals surface area contributed by atoms with E-state index in [1.54, 1.807) is 13.8 Å². The van der Waals surface area contributed by atoms with Crippen molar-refractivity contribution in [3.8, 4) is 0 Å². The largest absolute Gasteiger partial charge is 0.309 e. The number of halogens is 2. The van der Waals surface area contributed by atoms with E-state index in [0.29, 0.717) is 0 Å². The Balaban J connectivity index is 3.43. The van der Waals surface area contributed by atoms with Crippen molar-refractivity contribution in [1.82, 2.24) is 5.32 Å². The Hall–Kier alpha value is 0.0900. The summed E-state index contributed by atoms with van der Waals surface area (Å²) < 4.78 is 25.5. The maximum atomic E-state index is 12.2. The second-order valence-electron chi connectivity index (χ2n) is 5.89. The highest BCUT2D eigenvalue weighted by molar-refractivity contribution is 9.11. The van der Waals surface area contributed by atoms with Crippen molar-refractivity contribution in [2.24, 2.45) is 0 Å². The van der Waals surface area contributed by atoms with Gasteiger partial charge in [0.05, 0.1) is 10.8 Å². The summed E-state index contributed by atoms with van der Waals surface area (Å²) in [5, 5.41) is 3.39. The molecule has 120 valence electrons. The second-order valence-corrected chi connectivity index (χ2v) is 10.2. The second kappa shape index (κ2) is 7.11. The van der Waals surface area contributed by atoms with Crippen molar-refractivity contribution >= 4 is 41.7 Å². The topological polar surface area (TPSA) is 46.2 Å². The number of hydrogen-bond acceptors (Lipinski definition) is 3. The minimum atomic E-state index is -3.22. The molecular weight excluding hydrogens is 418 g/mol. The summed E-state index contributed by atoms with van der Waals surface area (Å²) in [6.45, 7) is 8.39. The third kappa shape index (κ3) is 4.30. The highest BCUT2D eigenvalue weighted by Crippen LogP contribution is 2.38. The lowest BCUT2D eigenvalue weighted by molar-refractivity contribution is 0.419. The van der Waals surface area contributed by atoms with E-state index >= 15 is 0 Å². The SMILES string of the molecule is CCCNC(c1cc(Br)c(C)cc1Br)C(C)(C)S(C)(=O)=O. The molecule has 0 aromatic heterocycles. The smallest absolute Gasteiger partial charge is 0.154 e. The summed E-state index contributed by atoms with van der Waals surface area (Å²) in [5.74, 6) is 0. The Bertz CT molecular complexity index is 612. The number of benzene rings is 1. The lowest BCUT2D eigenvalue weighted by Gasteiger charge is -2.34. The highest BCUT2D eigenvalue weighted by Gasteiger charge is 2.40. The molecule has 21 heavy (non-hydrogen) atoms. The molecule has 0 saturated heterocycles. The van der Waals surface area contributed by atoms with Crippen molar-refractivity contribution in [2.75, 3.05) is 12.8 Å². The average Bonchev–Trinajstić information content (AvgIpc) is 2.34. The number of aryl methyl sites for hydroxylation is 1. The van der Waals surface area contributed by atoms with Gasteiger partial charge in [-0.3, -0.25) is 0 Å². The molecule has 6 heteroatoms. The molecule has 0 heterocycles. The van der Waals surface area contributed by atoms with Crippen molar-refractivity contribution in [3.63, 3.8) is 0 Å². The lowest BCUT2D eigenvalue weighted by atomic mass is 9.94. The van der Waals surface area contributed by atoms with Gasteiger partial charge in [0.15, 0.2) is 9.84 Å². The average molecular weight is 441 g/mol. The molecule has 3 nitrogen and oxygen atoms in total. The van der Waals surface area contributed by atoms with E-state index < -0.39 is 14.6 Å². The van der Waals surface area contributed by atoms with E-state index in [-0.39, 0.29) is 6.04 Å². The summed E-state index contributed by atoms with van der Waals surface area (Å²) in [6.07, 6.45) is 2.24. The van der Waals surface area contributed by atoms with Crippen molar-refractivity contribution in [3.05, 3.63) is 32.2 Å². The van der Waals surface area contributed by atoms with Gasteiger partial charge in [0.2, 0.25) is 0 Å². The third-order valence-corrected chi connectivity index (χ3v) is 7.53.